The quantitative estimate of drug-likeness (QED) is 0.633. The van der Waals surface area contributed by atoms with Crippen molar-refractivity contribution >= 4 is 22.8 Å². The van der Waals surface area contributed by atoms with Crippen LogP contribution in [-0.2, 0) is 21.4 Å². The van der Waals surface area contributed by atoms with Crippen LogP contribution < -0.4 is 0 Å². The fourth-order valence-corrected chi connectivity index (χ4v) is 5.98. The maximum absolute atomic E-state index is 14.2. The second-order valence-electron chi connectivity index (χ2n) is 10.1. The Morgan fingerprint density at radius 1 is 1.03 bits per heavy atom. The van der Waals surface area contributed by atoms with Gasteiger partial charge in [0.1, 0.15) is 5.65 Å². The van der Waals surface area contributed by atoms with Crippen molar-refractivity contribution in [2.24, 2.45) is 5.92 Å². The average Bonchev–Trinajstić information content (AvgIpc) is 3.23. The van der Waals surface area contributed by atoms with Crippen LogP contribution in [0.4, 0.5) is 0 Å². The highest BCUT2D eigenvalue weighted by Gasteiger charge is 2.44. The number of nitrogens with one attached hydrogen (secondary N) is 1. The molecule has 1 saturated heterocycles. The van der Waals surface area contributed by atoms with Crippen LogP contribution in [-0.4, -0.2) is 57.8 Å². The van der Waals surface area contributed by atoms with E-state index in [1.54, 1.807) is 6.92 Å². The third-order valence-electron chi connectivity index (χ3n) is 7.75. The fourth-order valence-electron chi connectivity index (χ4n) is 5.98. The molecule has 3 heterocycles. The minimum atomic E-state index is -0.443. The SMILES string of the molecule is CC(=O)N1CCN(C(=O)C2(c3ccccc3)CCCCC2)C[C@H](Cc2cnc3[nH]ccc3c2)C1. The molecule has 5 rings (SSSR count). The van der Waals surface area contributed by atoms with Gasteiger partial charge in [-0.15, -0.1) is 0 Å². The summed E-state index contributed by atoms with van der Waals surface area (Å²) in [5.74, 6) is 0.493. The van der Waals surface area contributed by atoms with Crippen LogP contribution in [0, 0.1) is 5.92 Å². The lowest BCUT2D eigenvalue weighted by Gasteiger charge is -2.40. The van der Waals surface area contributed by atoms with Crippen LogP contribution in [0.15, 0.2) is 54.9 Å². The molecule has 1 aliphatic heterocycles. The summed E-state index contributed by atoms with van der Waals surface area (Å²) in [7, 11) is 0. The van der Waals surface area contributed by atoms with E-state index in [0.717, 1.165) is 54.3 Å². The molecular weight excluding hydrogens is 424 g/mol. The lowest BCUT2D eigenvalue weighted by atomic mass is 9.68. The molecule has 2 fully saturated rings. The van der Waals surface area contributed by atoms with E-state index in [9.17, 15) is 9.59 Å². The summed E-state index contributed by atoms with van der Waals surface area (Å²) in [4.78, 5) is 38.3. The summed E-state index contributed by atoms with van der Waals surface area (Å²) < 4.78 is 0. The number of aromatic amines is 1. The van der Waals surface area contributed by atoms with Crippen molar-refractivity contribution < 1.29 is 9.59 Å². The monoisotopic (exact) mass is 458 g/mol. The van der Waals surface area contributed by atoms with Crippen LogP contribution in [0.25, 0.3) is 11.0 Å². The molecule has 178 valence electrons. The lowest BCUT2D eigenvalue weighted by molar-refractivity contribution is -0.139. The Kier molecular flexibility index (Phi) is 6.40. The zero-order chi connectivity index (χ0) is 23.5. The molecule has 0 unspecified atom stereocenters. The molecule has 6 nitrogen and oxygen atoms in total. The van der Waals surface area contributed by atoms with Crippen molar-refractivity contribution in [3.05, 3.63) is 66.0 Å². The first-order chi connectivity index (χ1) is 16.5. The zero-order valence-corrected chi connectivity index (χ0v) is 20.0. The normalized spacial score (nSPS) is 20.8. The Morgan fingerprint density at radius 2 is 1.76 bits per heavy atom. The molecule has 1 saturated carbocycles. The molecule has 1 N–H and O–H groups in total. The summed E-state index contributed by atoms with van der Waals surface area (Å²) >= 11 is 0. The summed E-state index contributed by atoms with van der Waals surface area (Å²) in [6, 6.07) is 14.6. The summed E-state index contributed by atoms with van der Waals surface area (Å²) in [6.45, 7) is 4.16. The van der Waals surface area contributed by atoms with E-state index >= 15 is 0 Å². The highest BCUT2D eigenvalue weighted by molar-refractivity contribution is 5.88. The third kappa shape index (κ3) is 4.46. The number of aromatic nitrogens is 2. The van der Waals surface area contributed by atoms with Crippen LogP contribution in [0.3, 0.4) is 0 Å². The molecule has 2 aliphatic rings. The van der Waals surface area contributed by atoms with E-state index in [0.29, 0.717) is 26.2 Å². The van der Waals surface area contributed by atoms with Gasteiger partial charge < -0.3 is 14.8 Å². The summed E-state index contributed by atoms with van der Waals surface area (Å²) in [5.41, 5.74) is 2.73. The number of H-pyrrole nitrogens is 1. The Balaban J connectivity index is 1.42. The highest BCUT2D eigenvalue weighted by atomic mass is 16.2. The topological polar surface area (TPSA) is 69.3 Å². The zero-order valence-electron chi connectivity index (χ0n) is 20.0. The standard InChI is InChI=1S/C28H34N4O2/c1-21(33)31-14-15-32(20-23(19-31)16-22-17-24-10-13-29-26(24)30-18-22)27(34)28(11-6-3-7-12-28)25-8-4-2-5-9-25/h2,4-5,8-10,13,17-18,23H,3,6-7,11-12,14-16,19-20H2,1H3,(H,29,30)/t23-/m1/s1. The van der Waals surface area contributed by atoms with E-state index in [4.69, 9.17) is 0 Å². The van der Waals surface area contributed by atoms with Crippen molar-refractivity contribution in [1.29, 1.82) is 0 Å². The van der Waals surface area contributed by atoms with Crippen LogP contribution in [0.2, 0.25) is 0 Å². The minimum Gasteiger partial charge on any atom is -0.346 e. The van der Waals surface area contributed by atoms with E-state index in [1.807, 2.05) is 41.6 Å². The summed E-state index contributed by atoms with van der Waals surface area (Å²) in [6.07, 6.45) is 9.78. The molecule has 0 radical (unpaired) electrons. The predicted octanol–water partition coefficient (Wildman–Crippen LogP) is 4.31. The number of fused-ring (bicyclic) bond motifs is 1. The van der Waals surface area contributed by atoms with Crippen molar-refractivity contribution in [1.82, 2.24) is 19.8 Å². The van der Waals surface area contributed by atoms with Crippen molar-refractivity contribution in [3.8, 4) is 0 Å². The van der Waals surface area contributed by atoms with Crippen molar-refractivity contribution in [3.63, 3.8) is 0 Å². The number of hydrogen-bond donors (Lipinski definition) is 1. The number of carbonyl (C=O) groups is 2. The molecule has 1 atom stereocenters. The maximum Gasteiger partial charge on any atom is 0.233 e. The van der Waals surface area contributed by atoms with Gasteiger partial charge in [-0.25, -0.2) is 4.98 Å². The third-order valence-corrected chi connectivity index (χ3v) is 7.75. The van der Waals surface area contributed by atoms with Gasteiger partial charge >= 0.3 is 0 Å². The number of amides is 2. The lowest BCUT2D eigenvalue weighted by Crippen LogP contribution is -2.50. The number of rotatable bonds is 4. The average molecular weight is 459 g/mol. The van der Waals surface area contributed by atoms with E-state index < -0.39 is 5.41 Å². The first kappa shape index (κ1) is 22.6. The van der Waals surface area contributed by atoms with Crippen LogP contribution in [0.1, 0.15) is 50.2 Å². The van der Waals surface area contributed by atoms with Gasteiger partial charge in [-0.1, -0.05) is 49.6 Å². The molecule has 6 heteroatoms. The number of nitrogens with zero attached hydrogens (tertiary/aromatic N) is 3. The Hall–Kier alpha value is -3.15. The smallest absolute Gasteiger partial charge is 0.233 e. The Labute approximate surface area is 201 Å². The van der Waals surface area contributed by atoms with Gasteiger partial charge in [0.25, 0.3) is 0 Å². The minimum absolute atomic E-state index is 0.0777. The molecule has 1 aromatic carbocycles. The van der Waals surface area contributed by atoms with Crippen LogP contribution >= 0.6 is 0 Å². The molecule has 2 amide bonds. The maximum atomic E-state index is 14.2. The first-order valence-electron chi connectivity index (χ1n) is 12.6. The molecule has 34 heavy (non-hydrogen) atoms. The highest BCUT2D eigenvalue weighted by Crippen LogP contribution is 2.41. The van der Waals surface area contributed by atoms with Gasteiger partial charge in [0.05, 0.1) is 5.41 Å². The van der Waals surface area contributed by atoms with Gasteiger partial charge in [0.2, 0.25) is 11.8 Å². The van der Waals surface area contributed by atoms with E-state index in [1.165, 1.54) is 6.42 Å². The van der Waals surface area contributed by atoms with Gasteiger partial charge in [0.15, 0.2) is 0 Å². The number of pyridine rings is 1. The molecular formula is C28H34N4O2. The van der Waals surface area contributed by atoms with Crippen molar-refractivity contribution in [2.75, 3.05) is 26.2 Å². The molecule has 3 aromatic rings. The fraction of sp³-hybridized carbons (Fsp3) is 0.464. The van der Waals surface area contributed by atoms with E-state index in [-0.39, 0.29) is 17.7 Å². The van der Waals surface area contributed by atoms with Gasteiger partial charge in [-0.3, -0.25) is 9.59 Å². The van der Waals surface area contributed by atoms with Crippen molar-refractivity contribution in [2.45, 2.75) is 50.9 Å². The van der Waals surface area contributed by atoms with E-state index in [2.05, 4.69) is 33.1 Å². The number of benzene rings is 1. The molecule has 0 bridgehead atoms. The van der Waals surface area contributed by atoms with Gasteiger partial charge in [-0.2, -0.15) is 0 Å². The number of hydrogen-bond acceptors (Lipinski definition) is 3. The molecule has 2 aromatic heterocycles. The first-order valence-corrected chi connectivity index (χ1v) is 12.6. The summed E-state index contributed by atoms with van der Waals surface area (Å²) in [5, 5.41) is 1.09. The molecule has 1 aliphatic carbocycles. The number of carbonyl (C=O) groups excluding carboxylic acids is 2. The largest absolute Gasteiger partial charge is 0.346 e. The Morgan fingerprint density at radius 3 is 2.53 bits per heavy atom. The predicted molar refractivity (Wildman–Crippen MR) is 133 cm³/mol. The van der Waals surface area contributed by atoms with Gasteiger partial charge in [-0.05, 0) is 48.4 Å². The second-order valence-corrected chi connectivity index (χ2v) is 10.1. The van der Waals surface area contributed by atoms with Crippen LogP contribution in [0.5, 0.6) is 0 Å². The van der Waals surface area contributed by atoms with Gasteiger partial charge in [0, 0.05) is 50.9 Å². The molecule has 0 spiro atoms. The Bertz CT molecular complexity index is 1150. The second kappa shape index (κ2) is 9.61.